The molecule has 13 heavy (non-hydrogen) atoms. The van der Waals surface area contributed by atoms with Crippen molar-refractivity contribution in [2.24, 2.45) is 21.5 Å². The van der Waals surface area contributed by atoms with E-state index in [1.807, 2.05) is 20.8 Å². The number of halogens is 1. The van der Waals surface area contributed by atoms with Gasteiger partial charge in [-0.25, -0.2) is 4.99 Å². The van der Waals surface area contributed by atoms with Crippen LogP contribution in [0.1, 0.15) is 20.8 Å². The van der Waals surface area contributed by atoms with Gasteiger partial charge < -0.3 is 10.6 Å². The van der Waals surface area contributed by atoms with Crippen molar-refractivity contribution in [3.63, 3.8) is 0 Å². The lowest BCUT2D eigenvalue weighted by atomic mass is 10.1. The van der Waals surface area contributed by atoms with Crippen LogP contribution in [0.5, 0.6) is 0 Å². The quantitative estimate of drug-likeness (QED) is 0.554. The smallest absolute Gasteiger partial charge is 0.224 e. The number of guanidine groups is 1. The summed E-state index contributed by atoms with van der Waals surface area (Å²) < 4.78 is 0. The summed E-state index contributed by atoms with van der Waals surface area (Å²) >= 11 is 5.60. The van der Waals surface area contributed by atoms with Crippen LogP contribution in [0.2, 0.25) is 0 Å². The minimum Gasteiger partial charge on any atom is -0.369 e. The second-order valence-electron chi connectivity index (χ2n) is 3.82. The van der Waals surface area contributed by atoms with Gasteiger partial charge in [0.05, 0.1) is 0 Å². The summed E-state index contributed by atoms with van der Waals surface area (Å²) in [7, 11) is 0. The molecule has 0 amide bonds. The zero-order valence-electron chi connectivity index (χ0n) is 7.95. The van der Waals surface area contributed by atoms with E-state index >= 15 is 0 Å². The molecule has 1 unspecified atom stereocenters. The van der Waals surface area contributed by atoms with Gasteiger partial charge in [0.2, 0.25) is 11.3 Å². The Kier molecular flexibility index (Phi) is 2.49. The first-order valence-electron chi connectivity index (χ1n) is 3.95. The van der Waals surface area contributed by atoms with Crippen molar-refractivity contribution in [3.05, 3.63) is 0 Å². The van der Waals surface area contributed by atoms with E-state index in [9.17, 15) is 0 Å². The number of hydrogen-bond donors (Lipinski definition) is 2. The first-order chi connectivity index (χ1) is 5.82. The molecule has 0 aromatic heterocycles. The lowest BCUT2D eigenvalue weighted by molar-refractivity contribution is 0.177. The number of aliphatic imine (C=N–C) groups is 2. The van der Waals surface area contributed by atoms with Crippen LogP contribution in [-0.4, -0.2) is 28.0 Å². The van der Waals surface area contributed by atoms with Gasteiger partial charge in [-0.15, -0.1) is 0 Å². The van der Waals surface area contributed by atoms with E-state index in [2.05, 4.69) is 9.98 Å². The maximum absolute atomic E-state index is 5.74. The van der Waals surface area contributed by atoms with Crippen molar-refractivity contribution < 1.29 is 0 Å². The van der Waals surface area contributed by atoms with Crippen LogP contribution in [0.4, 0.5) is 0 Å². The Hall–Kier alpha value is -0.810. The fourth-order valence-electron chi connectivity index (χ4n) is 1.22. The molecule has 0 saturated carbocycles. The molecular weight excluding hydrogens is 190 g/mol. The molecule has 0 aromatic carbocycles. The summed E-state index contributed by atoms with van der Waals surface area (Å²) in [5.74, 6) is 0.306. The maximum atomic E-state index is 5.74. The van der Waals surface area contributed by atoms with Gasteiger partial charge in [0.15, 0.2) is 6.29 Å². The van der Waals surface area contributed by atoms with Gasteiger partial charge in [-0.2, -0.15) is 4.99 Å². The van der Waals surface area contributed by atoms with Crippen LogP contribution in [0.3, 0.4) is 0 Å². The molecule has 0 fully saturated rings. The molecule has 1 aliphatic rings. The van der Waals surface area contributed by atoms with E-state index in [0.29, 0.717) is 5.96 Å². The number of rotatable bonds is 0. The molecule has 0 saturated heterocycles. The van der Waals surface area contributed by atoms with Crippen molar-refractivity contribution in [3.8, 4) is 0 Å². The van der Waals surface area contributed by atoms with Gasteiger partial charge in [0, 0.05) is 5.54 Å². The molecule has 4 N–H and O–H groups in total. The summed E-state index contributed by atoms with van der Waals surface area (Å²) in [5.41, 5.74) is 11.2. The van der Waals surface area contributed by atoms with Gasteiger partial charge >= 0.3 is 0 Å². The fourth-order valence-corrected chi connectivity index (χ4v) is 1.41. The Morgan fingerprint density at radius 1 is 1.46 bits per heavy atom. The summed E-state index contributed by atoms with van der Waals surface area (Å²) in [6, 6.07) is 0. The summed E-state index contributed by atoms with van der Waals surface area (Å²) in [6.45, 7) is 5.93. The highest BCUT2D eigenvalue weighted by atomic mass is 35.5. The molecule has 0 spiro atoms. The predicted octanol–water partition coefficient (Wildman–Crippen LogP) is 0.252. The van der Waals surface area contributed by atoms with Crippen molar-refractivity contribution in [1.29, 1.82) is 0 Å². The minimum absolute atomic E-state index is 0.102. The predicted molar refractivity (Wildman–Crippen MR) is 54.5 cm³/mol. The molecular formula is C7H14ClN5. The number of amidine groups is 1. The summed E-state index contributed by atoms with van der Waals surface area (Å²) in [5, 5.41) is 0.102. The van der Waals surface area contributed by atoms with Crippen molar-refractivity contribution in [1.82, 2.24) is 4.90 Å². The molecule has 1 aliphatic heterocycles. The Morgan fingerprint density at radius 3 is 2.38 bits per heavy atom. The average Bonchev–Trinajstić information content (AvgIpc) is 1.78. The molecule has 0 aliphatic carbocycles. The third kappa shape index (κ3) is 2.10. The Balaban J connectivity index is 2.97. The second kappa shape index (κ2) is 3.16. The third-order valence-electron chi connectivity index (χ3n) is 1.68. The Labute approximate surface area is 82.5 Å². The van der Waals surface area contributed by atoms with E-state index in [1.54, 1.807) is 4.90 Å². The van der Waals surface area contributed by atoms with Crippen molar-refractivity contribution >= 4 is 22.9 Å². The van der Waals surface area contributed by atoms with E-state index in [4.69, 9.17) is 23.1 Å². The highest BCUT2D eigenvalue weighted by Gasteiger charge is 2.30. The van der Waals surface area contributed by atoms with E-state index in [0.717, 1.165) is 0 Å². The van der Waals surface area contributed by atoms with Crippen LogP contribution < -0.4 is 11.5 Å². The number of nitrogens with two attached hydrogens (primary N) is 2. The molecule has 74 valence electrons. The van der Waals surface area contributed by atoms with Gasteiger partial charge in [0.25, 0.3) is 0 Å². The van der Waals surface area contributed by atoms with Crippen LogP contribution in [0, 0.1) is 0 Å². The van der Waals surface area contributed by atoms with Gasteiger partial charge in [-0.1, -0.05) is 0 Å². The lowest BCUT2D eigenvalue weighted by Gasteiger charge is -2.40. The van der Waals surface area contributed by atoms with Crippen LogP contribution in [0.25, 0.3) is 0 Å². The molecule has 0 radical (unpaired) electrons. The summed E-state index contributed by atoms with van der Waals surface area (Å²) in [6.07, 6.45) is -0.551. The monoisotopic (exact) mass is 203 g/mol. The standard InChI is InChI=1S/C7H14ClN5/c1-7(2,3)13-5(9)11-4(8)12-6(13)10/h5H,9H2,1-3H3,(H2,10,11,12). The zero-order chi connectivity index (χ0) is 10.2. The normalized spacial score (nSPS) is 24.1. The van der Waals surface area contributed by atoms with Crippen LogP contribution in [-0.2, 0) is 0 Å². The second-order valence-corrected chi connectivity index (χ2v) is 4.16. The molecule has 1 rings (SSSR count). The maximum Gasteiger partial charge on any atom is 0.224 e. The fraction of sp³-hybridized carbons (Fsp3) is 0.714. The average molecular weight is 204 g/mol. The first-order valence-corrected chi connectivity index (χ1v) is 4.32. The Morgan fingerprint density at radius 2 is 2.00 bits per heavy atom. The van der Waals surface area contributed by atoms with E-state index in [-0.39, 0.29) is 10.8 Å². The first kappa shape index (κ1) is 10.3. The topological polar surface area (TPSA) is 80.0 Å². The molecule has 0 aromatic rings. The van der Waals surface area contributed by atoms with Crippen molar-refractivity contribution in [2.45, 2.75) is 32.6 Å². The third-order valence-corrected chi connectivity index (χ3v) is 1.86. The molecule has 1 atom stereocenters. The van der Waals surface area contributed by atoms with Gasteiger partial charge in [-0.05, 0) is 32.4 Å². The largest absolute Gasteiger partial charge is 0.369 e. The number of hydrogen-bond acceptors (Lipinski definition) is 5. The SMILES string of the molecule is CC(C)(C)N1C(N)=NC(Cl)=NC1N. The molecule has 1 heterocycles. The highest BCUT2D eigenvalue weighted by molar-refractivity contribution is 6.65. The Bertz CT molecular complexity index is 265. The van der Waals surface area contributed by atoms with E-state index < -0.39 is 6.29 Å². The van der Waals surface area contributed by atoms with Crippen LogP contribution in [0.15, 0.2) is 9.98 Å². The van der Waals surface area contributed by atoms with Crippen LogP contribution >= 0.6 is 11.6 Å². The molecule has 6 heteroatoms. The molecule has 0 bridgehead atoms. The summed E-state index contributed by atoms with van der Waals surface area (Å²) in [4.78, 5) is 9.44. The number of nitrogens with zero attached hydrogens (tertiary/aromatic N) is 3. The highest BCUT2D eigenvalue weighted by Crippen LogP contribution is 2.18. The lowest BCUT2D eigenvalue weighted by Crippen LogP contribution is -2.58. The van der Waals surface area contributed by atoms with E-state index in [1.165, 1.54) is 0 Å². The van der Waals surface area contributed by atoms with Gasteiger partial charge in [0.1, 0.15) is 0 Å². The zero-order valence-corrected chi connectivity index (χ0v) is 8.71. The van der Waals surface area contributed by atoms with Crippen molar-refractivity contribution in [2.75, 3.05) is 0 Å². The molecule has 5 nitrogen and oxygen atoms in total. The minimum atomic E-state index is -0.551. The van der Waals surface area contributed by atoms with Gasteiger partial charge in [-0.3, -0.25) is 5.73 Å².